The molecular formula is C12H16N2O2. The fourth-order valence-electron chi connectivity index (χ4n) is 1.18. The van der Waals surface area contributed by atoms with Gasteiger partial charge in [0.2, 0.25) is 0 Å². The molecule has 1 aromatic rings. The summed E-state index contributed by atoms with van der Waals surface area (Å²) >= 11 is 0. The molecule has 0 radical (unpaired) electrons. The van der Waals surface area contributed by atoms with Crippen molar-refractivity contribution in [1.82, 2.24) is 5.32 Å². The van der Waals surface area contributed by atoms with Crippen molar-refractivity contribution in [2.45, 2.75) is 6.42 Å². The standard InChI is InChI=1S/C12H16N2O2/c1-2-16-9-3-8-14-12(15)10-4-6-11(13)7-5-10/h2,4-7H,1,3,8-9,13H2,(H,14,15). The number of nitrogen functional groups attached to an aromatic ring is 1. The van der Waals surface area contributed by atoms with Gasteiger partial charge in [-0.2, -0.15) is 0 Å². The van der Waals surface area contributed by atoms with Gasteiger partial charge in [0.15, 0.2) is 0 Å². The maximum absolute atomic E-state index is 11.6. The molecule has 0 aliphatic carbocycles. The molecule has 0 bridgehead atoms. The van der Waals surface area contributed by atoms with Crippen molar-refractivity contribution in [3.05, 3.63) is 42.7 Å². The number of carbonyl (C=O) groups is 1. The maximum atomic E-state index is 11.6. The molecule has 86 valence electrons. The molecule has 0 aliphatic rings. The highest BCUT2D eigenvalue weighted by Gasteiger charge is 2.03. The molecule has 0 unspecified atom stereocenters. The van der Waals surface area contributed by atoms with Crippen molar-refractivity contribution in [3.63, 3.8) is 0 Å². The predicted molar refractivity (Wildman–Crippen MR) is 64.0 cm³/mol. The van der Waals surface area contributed by atoms with Crippen LogP contribution in [0.4, 0.5) is 5.69 Å². The number of amides is 1. The van der Waals surface area contributed by atoms with Crippen LogP contribution in [0.15, 0.2) is 37.1 Å². The minimum absolute atomic E-state index is 0.0985. The smallest absolute Gasteiger partial charge is 0.251 e. The Hall–Kier alpha value is -1.97. The van der Waals surface area contributed by atoms with Gasteiger partial charge in [-0.1, -0.05) is 6.58 Å². The van der Waals surface area contributed by atoms with E-state index in [1.54, 1.807) is 24.3 Å². The number of nitrogens with one attached hydrogen (secondary N) is 1. The van der Waals surface area contributed by atoms with Crippen molar-refractivity contribution in [2.75, 3.05) is 18.9 Å². The maximum Gasteiger partial charge on any atom is 0.251 e. The summed E-state index contributed by atoms with van der Waals surface area (Å²) in [4.78, 5) is 11.6. The molecule has 4 nitrogen and oxygen atoms in total. The normalized spacial score (nSPS) is 9.50. The van der Waals surface area contributed by atoms with E-state index in [0.29, 0.717) is 24.4 Å². The number of benzene rings is 1. The fraction of sp³-hybridized carbons (Fsp3) is 0.250. The first-order valence-corrected chi connectivity index (χ1v) is 5.10. The van der Waals surface area contributed by atoms with Crippen LogP contribution in [0.3, 0.4) is 0 Å². The Morgan fingerprint density at radius 2 is 2.12 bits per heavy atom. The summed E-state index contributed by atoms with van der Waals surface area (Å²) in [6, 6.07) is 6.81. The average Bonchev–Trinajstić information content (AvgIpc) is 2.29. The molecule has 1 aromatic carbocycles. The zero-order valence-corrected chi connectivity index (χ0v) is 9.11. The van der Waals surface area contributed by atoms with E-state index in [1.165, 1.54) is 6.26 Å². The van der Waals surface area contributed by atoms with E-state index in [4.69, 9.17) is 10.5 Å². The van der Waals surface area contributed by atoms with Gasteiger partial charge >= 0.3 is 0 Å². The summed E-state index contributed by atoms with van der Waals surface area (Å²) in [5.74, 6) is -0.0985. The second-order valence-electron chi connectivity index (χ2n) is 3.27. The van der Waals surface area contributed by atoms with Crippen LogP contribution in [-0.2, 0) is 4.74 Å². The monoisotopic (exact) mass is 220 g/mol. The van der Waals surface area contributed by atoms with Gasteiger partial charge in [-0.05, 0) is 30.7 Å². The second kappa shape index (κ2) is 6.50. The quantitative estimate of drug-likeness (QED) is 0.434. The predicted octanol–water partition coefficient (Wildman–Crippen LogP) is 1.55. The third-order valence-corrected chi connectivity index (χ3v) is 2.02. The lowest BCUT2D eigenvalue weighted by Crippen LogP contribution is -2.25. The van der Waals surface area contributed by atoms with Crippen LogP contribution >= 0.6 is 0 Å². The van der Waals surface area contributed by atoms with Crippen molar-refractivity contribution >= 4 is 11.6 Å². The Kier molecular flexibility index (Phi) is 4.92. The molecule has 0 aromatic heterocycles. The summed E-state index contributed by atoms with van der Waals surface area (Å²) < 4.78 is 4.93. The summed E-state index contributed by atoms with van der Waals surface area (Å²) in [6.45, 7) is 4.57. The van der Waals surface area contributed by atoms with E-state index in [9.17, 15) is 4.79 Å². The summed E-state index contributed by atoms with van der Waals surface area (Å²) in [6.07, 6.45) is 2.15. The van der Waals surface area contributed by atoms with Gasteiger partial charge in [0.05, 0.1) is 12.9 Å². The van der Waals surface area contributed by atoms with Gasteiger partial charge in [0, 0.05) is 17.8 Å². The lowest BCUT2D eigenvalue weighted by Gasteiger charge is -2.05. The Morgan fingerprint density at radius 1 is 1.44 bits per heavy atom. The summed E-state index contributed by atoms with van der Waals surface area (Å²) in [5.41, 5.74) is 6.78. The first-order chi connectivity index (χ1) is 7.74. The van der Waals surface area contributed by atoms with Gasteiger partial charge in [-0.15, -0.1) is 0 Å². The molecule has 0 fully saturated rings. The fourth-order valence-corrected chi connectivity index (χ4v) is 1.18. The minimum Gasteiger partial charge on any atom is -0.502 e. The first kappa shape index (κ1) is 12.1. The van der Waals surface area contributed by atoms with E-state index in [1.807, 2.05) is 0 Å². The lowest BCUT2D eigenvalue weighted by atomic mass is 10.2. The molecule has 1 amide bonds. The highest BCUT2D eigenvalue weighted by molar-refractivity contribution is 5.94. The highest BCUT2D eigenvalue weighted by atomic mass is 16.5. The number of carbonyl (C=O) groups excluding carboxylic acids is 1. The molecule has 3 N–H and O–H groups in total. The minimum atomic E-state index is -0.0985. The molecule has 0 saturated heterocycles. The Balaban J connectivity index is 2.29. The Bertz CT molecular complexity index is 347. The largest absolute Gasteiger partial charge is 0.502 e. The molecule has 1 rings (SSSR count). The third-order valence-electron chi connectivity index (χ3n) is 2.02. The van der Waals surface area contributed by atoms with Crippen LogP contribution in [-0.4, -0.2) is 19.1 Å². The van der Waals surface area contributed by atoms with Crippen molar-refractivity contribution in [3.8, 4) is 0 Å². The highest BCUT2D eigenvalue weighted by Crippen LogP contribution is 2.04. The van der Waals surface area contributed by atoms with E-state index in [2.05, 4.69) is 11.9 Å². The zero-order valence-electron chi connectivity index (χ0n) is 9.11. The molecule has 0 saturated carbocycles. The van der Waals surface area contributed by atoms with Gasteiger partial charge in [-0.3, -0.25) is 4.79 Å². The zero-order chi connectivity index (χ0) is 11.8. The van der Waals surface area contributed by atoms with Crippen molar-refractivity contribution in [2.24, 2.45) is 0 Å². The number of nitrogens with two attached hydrogens (primary N) is 1. The summed E-state index contributed by atoms with van der Waals surface area (Å²) in [7, 11) is 0. The number of hydrogen-bond acceptors (Lipinski definition) is 3. The summed E-state index contributed by atoms with van der Waals surface area (Å²) in [5, 5.41) is 2.78. The van der Waals surface area contributed by atoms with Gasteiger partial charge in [0.1, 0.15) is 0 Å². The molecule has 4 heteroatoms. The van der Waals surface area contributed by atoms with Crippen LogP contribution in [0.2, 0.25) is 0 Å². The third kappa shape index (κ3) is 4.04. The molecule has 0 spiro atoms. The van der Waals surface area contributed by atoms with E-state index >= 15 is 0 Å². The first-order valence-electron chi connectivity index (χ1n) is 5.10. The lowest BCUT2D eigenvalue weighted by molar-refractivity contribution is 0.0950. The van der Waals surface area contributed by atoms with Crippen LogP contribution in [0.25, 0.3) is 0 Å². The van der Waals surface area contributed by atoms with Crippen LogP contribution < -0.4 is 11.1 Å². The number of rotatable bonds is 6. The average molecular weight is 220 g/mol. The van der Waals surface area contributed by atoms with Crippen LogP contribution in [0.1, 0.15) is 16.8 Å². The van der Waals surface area contributed by atoms with Gasteiger partial charge in [-0.25, -0.2) is 0 Å². The van der Waals surface area contributed by atoms with Crippen LogP contribution in [0, 0.1) is 0 Å². The van der Waals surface area contributed by atoms with E-state index < -0.39 is 0 Å². The van der Waals surface area contributed by atoms with Crippen molar-refractivity contribution < 1.29 is 9.53 Å². The topological polar surface area (TPSA) is 64.3 Å². The second-order valence-corrected chi connectivity index (χ2v) is 3.27. The number of hydrogen-bond donors (Lipinski definition) is 2. The SMILES string of the molecule is C=COCCCNC(=O)c1ccc(N)cc1. The number of anilines is 1. The van der Waals surface area contributed by atoms with Crippen molar-refractivity contribution in [1.29, 1.82) is 0 Å². The molecule has 0 atom stereocenters. The Labute approximate surface area is 95.1 Å². The van der Waals surface area contributed by atoms with Gasteiger partial charge < -0.3 is 15.8 Å². The molecule has 0 heterocycles. The molecular weight excluding hydrogens is 204 g/mol. The Morgan fingerprint density at radius 3 is 2.75 bits per heavy atom. The molecule has 0 aliphatic heterocycles. The number of ether oxygens (including phenoxy) is 1. The van der Waals surface area contributed by atoms with E-state index in [-0.39, 0.29) is 5.91 Å². The van der Waals surface area contributed by atoms with Gasteiger partial charge in [0.25, 0.3) is 5.91 Å². The molecule has 16 heavy (non-hydrogen) atoms. The van der Waals surface area contributed by atoms with E-state index in [0.717, 1.165) is 6.42 Å². The van der Waals surface area contributed by atoms with Crippen LogP contribution in [0.5, 0.6) is 0 Å².